The first kappa shape index (κ1) is 14.3. The third kappa shape index (κ3) is 3.27. The van der Waals surface area contributed by atoms with E-state index in [0.717, 1.165) is 11.3 Å². The third-order valence-electron chi connectivity index (χ3n) is 3.01. The molecule has 0 heterocycles. The molecular weight excluding hydrogens is 257 g/mol. The molecular formula is C16H18FNO2. The molecule has 2 rings (SSSR count). The standard InChI is InChI=1S/C16H18FNO2/c1-11(18)16(12-7-9-13(19-2)10-8-12)20-15-6-4-3-5-14(15)17/h3-11,16H,18H2,1-2H3. The quantitative estimate of drug-likeness (QED) is 0.910. The first-order valence-corrected chi connectivity index (χ1v) is 6.42. The Morgan fingerprint density at radius 2 is 1.70 bits per heavy atom. The number of hydrogen-bond donors (Lipinski definition) is 1. The van der Waals surface area contributed by atoms with E-state index < -0.39 is 11.9 Å². The highest BCUT2D eigenvalue weighted by molar-refractivity contribution is 5.31. The maximum atomic E-state index is 13.7. The van der Waals surface area contributed by atoms with Gasteiger partial charge in [0.15, 0.2) is 11.6 Å². The molecule has 0 fully saturated rings. The monoisotopic (exact) mass is 275 g/mol. The van der Waals surface area contributed by atoms with Crippen LogP contribution in [0.4, 0.5) is 4.39 Å². The molecule has 0 bridgehead atoms. The summed E-state index contributed by atoms with van der Waals surface area (Å²) >= 11 is 0. The van der Waals surface area contributed by atoms with Gasteiger partial charge >= 0.3 is 0 Å². The van der Waals surface area contributed by atoms with Gasteiger partial charge in [0.2, 0.25) is 0 Å². The Morgan fingerprint density at radius 1 is 1.05 bits per heavy atom. The van der Waals surface area contributed by atoms with E-state index in [9.17, 15) is 4.39 Å². The molecule has 20 heavy (non-hydrogen) atoms. The molecule has 0 radical (unpaired) electrons. The van der Waals surface area contributed by atoms with Crippen molar-refractivity contribution in [3.8, 4) is 11.5 Å². The van der Waals surface area contributed by atoms with Crippen molar-refractivity contribution >= 4 is 0 Å². The molecule has 2 unspecified atom stereocenters. The highest BCUT2D eigenvalue weighted by atomic mass is 19.1. The molecule has 3 nitrogen and oxygen atoms in total. The molecule has 0 saturated heterocycles. The predicted molar refractivity (Wildman–Crippen MR) is 76.4 cm³/mol. The van der Waals surface area contributed by atoms with E-state index in [0.29, 0.717) is 0 Å². The Bertz CT molecular complexity index is 555. The van der Waals surface area contributed by atoms with Gasteiger partial charge in [-0.3, -0.25) is 0 Å². The summed E-state index contributed by atoms with van der Waals surface area (Å²) in [7, 11) is 1.61. The van der Waals surface area contributed by atoms with Crippen LogP contribution >= 0.6 is 0 Å². The van der Waals surface area contributed by atoms with E-state index in [2.05, 4.69) is 0 Å². The summed E-state index contributed by atoms with van der Waals surface area (Å²) in [6, 6.07) is 13.4. The summed E-state index contributed by atoms with van der Waals surface area (Å²) in [5.41, 5.74) is 6.84. The van der Waals surface area contributed by atoms with Gasteiger partial charge in [0.25, 0.3) is 0 Å². The third-order valence-corrected chi connectivity index (χ3v) is 3.01. The molecule has 0 spiro atoms. The van der Waals surface area contributed by atoms with Crippen LogP contribution in [0, 0.1) is 5.82 Å². The minimum Gasteiger partial charge on any atom is -0.497 e. The molecule has 106 valence electrons. The van der Waals surface area contributed by atoms with E-state index in [1.165, 1.54) is 6.07 Å². The van der Waals surface area contributed by atoms with E-state index in [-0.39, 0.29) is 11.8 Å². The van der Waals surface area contributed by atoms with Gasteiger partial charge in [-0.2, -0.15) is 0 Å². The Kier molecular flexibility index (Phi) is 4.58. The van der Waals surface area contributed by atoms with Crippen molar-refractivity contribution in [3.05, 3.63) is 59.9 Å². The smallest absolute Gasteiger partial charge is 0.165 e. The lowest BCUT2D eigenvalue weighted by atomic mass is 10.0. The fourth-order valence-corrected chi connectivity index (χ4v) is 1.95. The number of nitrogens with two attached hydrogens (primary N) is 1. The molecule has 2 N–H and O–H groups in total. The van der Waals surface area contributed by atoms with Gasteiger partial charge in [0.1, 0.15) is 11.9 Å². The predicted octanol–water partition coefficient (Wildman–Crippen LogP) is 3.30. The van der Waals surface area contributed by atoms with Crippen LogP contribution in [-0.2, 0) is 0 Å². The molecule has 2 atom stereocenters. The summed E-state index contributed by atoms with van der Waals surface area (Å²) in [5.74, 6) is 0.556. The van der Waals surface area contributed by atoms with Crippen LogP contribution in [0.5, 0.6) is 11.5 Å². The fraction of sp³-hybridized carbons (Fsp3) is 0.250. The lowest BCUT2D eigenvalue weighted by Gasteiger charge is -2.23. The molecule has 2 aromatic rings. The Balaban J connectivity index is 2.25. The number of benzene rings is 2. The van der Waals surface area contributed by atoms with Crippen molar-refractivity contribution in [2.45, 2.75) is 19.1 Å². The van der Waals surface area contributed by atoms with Crippen LogP contribution in [-0.4, -0.2) is 13.2 Å². The number of para-hydroxylation sites is 1. The van der Waals surface area contributed by atoms with Crippen molar-refractivity contribution in [2.24, 2.45) is 5.73 Å². The lowest BCUT2D eigenvalue weighted by molar-refractivity contribution is 0.172. The van der Waals surface area contributed by atoms with Gasteiger partial charge in [0.05, 0.1) is 7.11 Å². The van der Waals surface area contributed by atoms with Gasteiger partial charge < -0.3 is 15.2 Å². The van der Waals surface area contributed by atoms with Gasteiger partial charge in [-0.25, -0.2) is 4.39 Å². The fourth-order valence-electron chi connectivity index (χ4n) is 1.95. The van der Waals surface area contributed by atoms with Crippen molar-refractivity contribution in [1.29, 1.82) is 0 Å². The summed E-state index contributed by atoms with van der Waals surface area (Å²) in [6.45, 7) is 1.83. The second-order valence-electron chi connectivity index (χ2n) is 4.60. The van der Waals surface area contributed by atoms with E-state index in [1.54, 1.807) is 25.3 Å². The summed E-state index contributed by atoms with van der Waals surface area (Å²) in [5, 5.41) is 0. The molecule has 0 aliphatic carbocycles. The summed E-state index contributed by atoms with van der Waals surface area (Å²) in [6.07, 6.45) is -0.419. The summed E-state index contributed by atoms with van der Waals surface area (Å²) in [4.78, 5) is 0. The molecule has 0 aliphatic rings. The first-order chi connectivity index (χ1) is 9.61. The number of methoxy groups -OCH3 is 1. The average molecular weight is 275 g/mol. The Hall–Kier alpha value is -2.07. The SMILES string of the molecule is COc1ccc(C(Oc2ccccc2F)C(C)N)cc1. The number of ether oxygens (including phenoxy) is 2. The first-order valence-electron chi connectivity index (χ1n) is 6.42. The molecule has 2 aromatic carbocycles. The second kappa shape index (κ2) is 6.39. The zero-order chi connectivity index (χ0) is 14.5. The van der Waals surface area contributed by atoms with Crippen molar-refractivity contribution < 1.29 is 13.9 Å². The van der Waals surface area contributed by atoms with Crippen molar-refractivity contribution in [2.75, 3.05) is 7.11 Å². The van der Waals surface area contributed by atoms with Gasteiger partial charge in [-0.1, -0.05) is 24.3 Å². The topological polar surface area (TPSA) is 44.5 Å². The van der Waals surface area contributed by atoms with Crippen LogP contribution in [0.1, 0.15) is 18.6 Å². The maximum Gasteiger partial charge on any atom is 0.165 e. The van der Waals surface area contributed by atoms with Crippen LogP contribution in [0.2, 0.25) is 0 Å². The van der Waals surface area contributed by atoms with Gasteiger partial charge in [-0.05, 0) is 36.8 Å². The molecule has 0 saturated carbocycles. The van der Waals surface area contributed by atoms with E-state index >= 15 is 0 Å². The zero-order valence-corrected chi connectivity index (χ0v) is 11.5. The lowest BCUT2D eigenvalue weighted by Crippen LogP contribution is -2.29. The normalized spacial score (nSPS) is 13.6. The minimum atomic E-state index is -0.419. The van der Waals surface area contributed by atoms with Crippen LogP contribution in [0.25, 0.3) is 0 Å². The Morgan fingerprint density at radius 3 is 2.25 bits per heavy atom. The molecule has 4 heteroatoms. The van der Waals surface area contributed by atoms with Crippen LogP contribution < -0.4 is 15.2 Å². The number of hydrogen-bond acceptors (Lipinski definition) is 3. The summed E-state index contributed by atoms with van der Waals surface area (Å²) < 4.78 is 24.5. The van der Waals surface area contributed by atoms with Crippen molar-refractivity contribution in [3.63, 3.8) is 0 Å². The second-order valence-corrected chi connectivity index (χ2v) is 4.60. The number of halogens is 1. The molecule has 0 aliphatic heterocycles. The zero-order valence-electron chi connectivity index (χ0n) is 11.5. The van der Waals surface area contributed by atoms with Gasteiger partial charge in [-0.15, -0.1) is 0 Å². The maximum absolute atomic E-state index is 13.7. The number of rotatable bonds is 5. The van der Waals surface area contributed by atoms with Gasteiger partial charge in [0, 0.05) is 6.04 Å². The van der Waals surface area contributed by atoms with Crippen LogP contribution in [0.15, 0.2) is 48.5 Å². The Labute approximate surface area is 118 Å². The highest BCUT2D eigenvalue weighted by Crippen LogP contribution is 2.27. The molecule has 0 amide bonds. The van der Waals surface area contributed by atoms with Crippen LogP contribution in [0.3, 0.4) is 0 Å². The van der Waals surface area contributed by atoms with E-state index in [4.69, 9.17) is 15.2 Å². The largest absolute Gasteiger partial charge is 0.497 e. The van der Waals surface area contributed by atoms with E-state index in [1.807, 2.05) is 31.2 Å². The highest BCUT2D eigenvalue weighted by Gasteiger charge is 2.19. The average Bonchev–Trinajstić information content (AvgIpc) is 2.46. The molecule has 0 aromatic heterocycles. The van der Waals surface area contributed by atoms with Crippen molar-refractivity contribution in [1.82, 2.24) is 0 Å². The minimum absolute atomic E-state index is 0.200.